The van der Waals surface area contributed by atoms with Gasteiger partial charge in [0.15, 0.2) is 11.4 Å². The number of sulfonamides is 2. The van der Waals surface area contributed by atoms with E-state index in [1.54, 1.807) is 18.2 Å². The van der Waals surface area contributed by atoms with Crippen LogP contribution in [-0.2, 0) is 30.4 Å². The minimum absolute atomic E-state index is 0.0167. The number of amidine groups is 1. The monoisotopic (exact) mass is 519 g/mol. The molecule has 0 saturated carbocycles. The predicted octanol–water partition coefficient (Wildman–Crippen LogP) is 2.75. The molecule has 0 amide bonds. The summed E-state index contributed by atoms with van der Waals surface area (Å²) in [5.74, 6) is -1.62. The van der Waals surface area contributed by atoms with Gasteiger partial charge in [0.1, 0.15) is 16.2 Å². The molecule has 1 atom stereocenters. The van der Waals surface area contributed by atoms with E-state index in [1.807, 2.05) is 13.8 Å². The van der Waals surface area contributed by atoms with E-state index in [0.29, 0.717) is 6.42 Å². The van der Waals surface area contributed by atoms with E-state index in [4.69, 9.17) is 0 Å². The number of aliphatic hydroxyl groups excluding tert-OH is 1. The van der Waals surface area contributed by atoms with Crippen LogP contribution in [0.25, 0.3) is 5.76 Å². The summed E-state index contributed by atoms with van der Waals surface area (Å²) < 4.78 is 54.9. The normalized spacial score (nSPS) is 21.2. The van der Waals surface area contributed by atoms with Crippen molar-refractivity contribution in [1.29, 1.82) is 0 Å². The Bertz CT molecular complexity index is 1510. The number of benzene rings is 2. The SMILES string of the molecule is CC(C)CC[C@@]1(O)C(=O)C(C2=NS(=O)(=O)c3cc(NS(C)(=O)=O)ccc3N2)=C(O)c2ccccc21. The molecule has 0 unspecified atom stereocenters. The number of ketones is 1. The van der Waals surface area contributed by atoms with Gasteiger partial charge in [-0.1, -0.05) is 38.1 Å². The van der Waals surface area contributed by atoms with Crippen molar-refractivity contribution >= 4 is 48.8 Å². The second-order valence-corrected chi connectivity index (χ2v) is 12.3. The van der Waals surface area contributed by atoms with Crippen molar-refractivity contribution in [2.45, 2.75) is 37.2 Å². The zero-order chi connectivity index (χ0) is 25.8. The zero-order valence-electron chi connectivity index (χ0n) is 19.2. The molecule has 2 aromatic carbocycles. The molecular weight excluding hydrogens is 494 g/mol. The molecule has 1 aliphatic heterocycles. The van der Waals surface area contributed by atoms with E-state index in [1.165, 1.54) is 18.2 Å². The number of hydrogen-bond donors (Lipinski definition) is 4. The predicted molar refractivity (Wildman–Crippen MR) is 132 cm³/mol. The van der Waals surface area contributed by atoms with Crippen LogP contribution in [0.1, 0.15) is 37.8 Å². The maximum Gasteiger partial charge on any atom is 0.286 e. The summed E-state index contributed by atoms with van der Waals surface area (Å²) in [6, 6.07) is 10.1. The molecular formula is C23H25N3O7S2. The van der Waals surface area contributed by atoms with Crippen LogP contribution in [0.15, 0.2) is 57.3 Å². The molecule has 0 radical (unpaired) electrons. The summed E-state index contributed by atoms with van der Waals surface area (Å²) in [6.45, 7) is 3.89. The number of Topliss-reactive ketones (excluding diaryl/α,β-unsaturated/α-hetero) is 1. The van der Waals surface area contributed by atoms with Crippen LogP contribution in [0.5, 0.6) is 0 Å². The lowest BCUT2D eigenvalue weighted by Crippen LogP contribution is -2.44. The quantitative estimate of drug-likeness (QED) is 0.453. The Morgan fingerprint density at radius 2 is 1.86 bits per heavy atom. The molecule has 186 valence electrons. The number of aliphatic hydroxyl groups is 2. The summed E-state index contributed by atoms with van der Waals surface area (Å²) >= 11 is 0. The maximum absolute atomic E-state index is 13.6. The first-order valence-electron chi connectivity index (χ1n) is 10.8. The number of anilines is 2. The highest BCUT2D eigenvalue weighted by Gasteiger charge is 2.48. The minimum Gasteiger partial charge on any atom is -0.506 e. The highest BCUT2D eigenvalue weighted by Crippen LogP contribution is 2.43. The van der Waals surface area contributed by atoms with E-state index < -0.39 is 48.6 Å². The van der Waals surface area contributed by atoms with Crippen molar-refractivity contribution in [3.05, 3.63) is 59.2 Å². The third kappa shape index (κ3) is 4.56. The van der Waals surface area contributed by atoms with Gasteiger partial charge < -0.3 is 15.5 Å². The van der Waals surface area contributed by atoms with Crippen molar-refractivity contribution in [3.8, 4) is 0 Å². The lowest BCUT2D eigenvalue weighted by molar-refractivity contribution is -0.135. The second-order valence-electron chi connectivity index (χ2n) is 9.02. The number of nitrogens with zero attached hydrogens (tertiary/aromatic N) is 1. The van der Waals surface area contributed by atoms with E-state index in [9.17, 15) is 31.8 Å². The molecule has 2 aromatic rings. The third-order valence-corrected chi connectivity index (χ3v) is 7.74. The Morgan fingerprint density at radius 3 is 2.51 bits per heavy atom. The third-order valence-electron chi connectivity index (χ3n) is 5.81. The van der Waals surface area contributed by atoms with E-state index in [2.05, 4.69) is 14.4 Å². The lowest BCUT2D eigenvalue weighted by Gasteiger charge is -2.35. The fourth-order valence-corrected chi connectivity index (χ4v) is 5.84. The van der Waals surface area contributed by atoms with Crippen LogP contribution >= 0.6 is 0 Å². The number of carbonyl (C=O) groups excluding carboxylic acids is 1. The number of hydrogen-bond acceptors (Lipinski definition) is 8. The summed E-state index contributed by atoms with van der Waals surface area (Å²) in [6.07, 6.45) is 1.49. The van der Waals surface area contributed by atoms with Crippen molar-refractivity contribution in [2.24, 2.45) is 10.3 Å². The first-order chi connectivity index (χ1) is 16.2. The Morgan fingerprint density at radius 1 is 1.17 bits per heavy atom. The van der Waals surface area contributed by atoms with Crippen LogP contribution in [0.2, 0.25) is 0 Å². The fraction of sp³-hybridized carbons (Fsp3) is 0.304. The topological polar surface area (TPSA) is 162 Å². The van der Waals surface area contributed by atoms with Gasteiger partial charge in [-0.2, -0.15) is 8.42 Å². The number of nitrogens with one attached hydrogen (secondary N) is 2. The van der Waals surface area contributed by atoms with Crippen LogP contribution in [0.3, 0.4) is 0 Å². The molecule has 0 spiro atoms. The fourth-order valence-electron chi connectivity index (χ4n) is 4.13. The van der Waals surface area contributed by atoms with Crippen LogP contribution in [-0.4, -0.2) is 44.9 Å². The summed E-state index contributed by atoms with van der Waals surface area (Å²) in [5, 5.41) is 25.3. The van der Waals surface area contributed by atoms with Crippen LogP contribution in [0.4, 0.5) is 11.4 Å². The standard InChI is InChI=1S/C23H25N3O7S2/c1-13(2)10-11-23(29)16-7-5-4-6-15(16)20(27)19(21(23)28)22-24-17-9-8-14(25-34(3,30)31)12-18(17)35(32,33)26-22/h4-9,12-13,25,27,29H,10-11H2,1-3H3,(H,24,26)/t23-/m0/s1. The molecule has 0 saturated heterocycles. The van der Waals surface area contributed by atoms with Crippen molar-refractivity contribution in [3.63, 3.8) is 0 Å². The lowest BCUT2D eigenvalue weighted by atomic mass is 9.74. The first-order valence-corrected chi connectivity index (χ1v) is 14.1. The van der Waals surface area contributed by atoms with Crippen LogP contribution in [0, 0.1) is 5.92 Å². The molecule has 0 bridgehead atoms. The summed E-state index contributed by atoms with van der Waals surface area (Å²) in [5.41, 5.74) is -1.94. The van der Waals surface area contributed by atoms with Gasteiger partial charge in [0.2, 0.25) is 15.8 Å². The van der Waals surface area contributed by atoms with Crippen molar-refractivity contribution < 1.29 is 31.8 Å². The highest BCUT2D eigenvalue weighted by molar-refractivity contribution is 7.92. The minimum atomic E-state index is -4.39. The van der Waals surface area contributed by atoms with Gasteiger partial charge in [-0.25, -0.2) is 8.42 Å². The van der Waals surface area contributed by atoms with Crippen molar-refractivity contribution in [1.82, 2.24) is 0 Å². The summed E-state index contributed by atoms with van der Waals surface area (Å²) in [7, 11) is -8.04. The molecule has 10 nitrogen and oxygen atoms in total. The average Bonchev–Trinajstić information content (AvgIpc) is 2.76. The van der Waals surface area contributed by atoms with E-state index >= 15 is 0 Å². The van der Waals surface area contributed by atoms with Gasteiger partial charge in [-0.3, -0.25) is 9.52 Å². The van der Waals surface area contributed by atoms with Gasteiger partial charge >= 0.3 is 0 Å². The van der Waals surface area contributed by atoms with Gasteiger partial charge in [-0.05, 0) is 37.0 Å². The number of carbonyl (C=O) groups is 1. The van der Waals surface area contributed by atoms with Crippen LogP contribution < -0.4 is 10.0 Å². The van der Waals surface area contributed by atoms with E-state index in [0.717, 1.165) is 12.3 Å². The zero-order valence-corrected chi connectivity index (χ0v) is 20.9. The molecule has 0 aromatic heterocycles. The number of rotatable bonds is 6. The summed E-state index contributed by atoms with van der Waals surface area (Å²) in [4.78, 5) is 13.3. The smallest absolute Gasteiger partial charge is 0.286 e. The molecule has 4 N–H and O–H groups in total. The molecule has 4 rings (SSSR count). The largest absolute Gasteiger partial charge is 0.506 e. The Kier molecular flexibility index (Phi) is 6.02. The Labute approximate surface area is 203 Å². The Balaban J connectivity index is 1.84. The molecule has 0 fully saturated rings. The van der Waals surface area contributed by atoms with Gasteiger partial charge in [-0.15, -0.1) is 4.40 Å². The molecule has 35 heavy (non-hydrogen) atoms. The maximum atomic E-state index is 13.6. The van der Waals surface area contributed by atoms with Gasteiger partial charge in [0.25, 0.3) is 10.0 Å². The van der Waals surface area contributed by atoms with Gasteiger partial charge in [0.05, 0.1) is 11.9 Å². The molecule has 12 heteroatoms. The molecule has 1 aliphatic carbocycles. The van der Waals surface area contributed by atoms with Crippen molar-refractivity contribution in [2.75, 3.05) is 16.3 Å². The Hall–Kier alpha value is -3.22. The van der Waals surface area contributed by atoms with Gasteiger partial charge in [0, 0.05) is 16.8 Å². The first kappa shape index (κ1) is 24.9. The highest BCUT2D eigenvalue weighted by atomic mass is 32.2. The van der Waals surface area contributed by atoms with E-state index in [-0.39, 0.29) is 39.7 Å². The molecule has 2 aliphatic rings. The average molecular weight is 520 g/mol. The molecule has 1 heterocycles. The number of fused-ring (bicyclic) bond motifs is 2. The second kappa shape index (κ2) is 8.47.